The summed E-state index contributed by atoms with van der Waals surface area (Å²) in [5.41, 5.74) is 2.98. The van der Waals surface area contributed by atoms with Crippen LogP contribution in [0.1, 0.15) is 74.0 Å². The van der Waals surface area contributed by atoms with Crippen LogP contribution >= 0.6 is 11.3 Å². The summed E-state index contributed by atoms with van der Waals surface area (Å²) in [7, 11) is 0.0767. The Kier molecular flexibility index (Phi) is 11.4. The van der Waals surface area contributed by atoms with Crippen molar-refractivity contribution in [2.24, 2.45) is 0 Å². The van der Waals surface area contributed by atoms with Crippen LogP contribution in [0.5, 0.6) is 17.2 Å². The number of nitrogens with zero attached hydrogens (tertiary/aromatic N) is 3. The number of carboxylic acids is 1. The fourth-order valence-electron chi connectivity index (χ4n) is 7.05. The molecular weight excluding hydrogens is 721 g/mol. The monoisotopic (exact) mass is 762 g/mol. The van der Waals surface area contributed by atoms with E-state index in [4.69, 9.17) is 14.2 Å². The first kappa shape index (κ1) is 37.8. The summed E-state index contributed by atoms with van der Waals surface area (Å²) >= 11 is 0.746. The van der Waals surface area contributed by atoms with Gasteiger partial charge in [-0.25, -0.2) is 17.9 Å². The maximum atomic E-state index is 14.5. The molecule has 2 N–H and O–H groups in total. The van der Waals surface area contributed by atoms with E-state index >= 15 is 0 Å². The lowest BCUT2D eigenvalue weighted by atomic mass is 9.99. The van der Waals surface area contributed by atoms with Crippen LogP contribution < -0.4 is 23.8 Å². The molecular formula is C38H42N4O9S2. The molecule has 2 aliphatic heterocycles. The predicted octanol–water partition coefficient (Wildman–Crippen LogP) is 5.45. The van der Waals surface area contributed by atoms with Gasteiger partial charge in [-0.1, -0.05) is 42.5 Å². The zero-order valence-corrected chi connectivity index (χ0v) is 31.5. The topological polar surface area (TPSA) is 155 Å². The van der Waals surface area contributed by atoms with E-state index in [1.807, 2.05) is 24.3 Å². The van der Waals surface area contributed by atoms with Crippen molar-refractivity contribution in [1.82, 2.24) is 14.5 Å². The van der Waals surface area contributed by atoms with Crippen molar-refractivity contribution >= 4 is 44.8 Å². The number of sulfonamides is 1. The van der Waals surface area contributed by atoms with Crippen LogP contribution in [0.15, 0.2) is 76.3 Å². The molecule has 0 bridgehead atoms. The molecule has 4 aromatic rings. The van der Waals surface area contributed by atoms with Gasteiger partial charge < -0.3 is 24.2 Å². The van der Waals surface area contributed by atoms with Gasteiger partial charge in [-0.15, -0.1) is 11.3 Å². The summed E-state index contributed by atoms with van der Waals surface area (Å²) in [6, 6.07) is 20.3. The van der Waals surface area contributed by atoms with Crippen molar-refractivity contribution < 1.29 is 42.1 Å². The Hall–Kier alpha value is -4.96. The first-order valence-electron chi connectivity index (χ1n) is 17.2. The zero-order valence-electron chi connectivity index (χ0n) is 29.9. The van der Waals surface area contributed by atoms with E-state index in [0.717, 1.165) is 24.4 Å². The highest BCUT2D eigenvalue weighted by molar-refractivity contribution is 7.91. The molecule has 1 aromatic heterocycles. The first-order valence-corrected chi connectivity index (χ1v) is 19.5. The normalized spacial score (nSPS) is 16.0. The molecule has 53 heavy (non-hydrogen) atoms. The van der Waals surface area contributed by atoms with Crippen LogP contribution in [0, 0.1) is 0 Å². The number of hydrogen-bond acceptors (Lipinski definition) is 11. The van der Waals surface area contributed by atoms with Crippen LogP contribution in [0.25, 0.3) is 0 Å². The molecule has 1 saturated heterocycles. The van der Waals surface area contributed by atoms with Gasteiger partial charge in [0.25, 0.3) is 21.8 Å². The number of ether oxygens (including phenoxy) is 3. The second kappa shape index (κ2) is 16.0. The summed E-state index contributed by atoms with van der Waals surface area (Å²) in [4.78, 5) is 46.1. The van der Waals surface area contributed by atoms with E-state index in [1.54, 1.807) is 30.3 Å². The minimum atomic E-state index is -4.14. The van der Waals surface area contributed by atoms with E-state index < -0.39 is 33.8 Å². The van der Waals surface area contributed by atoms with Gasteiger partial charge in [0.2, 0.25) is 0 Å². The number of nitrogens with one attached hydrogen (secondary N) is 1. The molecule has 13 nitrogen and oxygen atoms in total. The Bertz CT molecular complexity index is 2100. The lowest BCUT2D eigenvalue weighted by Crippen LogP contribution is -2.47. The number of hydrogen-bond donors (Lipinski definition) is 2. The summed E-state index contributed by atoms with van der Waals surface area (Å²) in [5, 5.41) is 10.6. The lowest BCUT2D eigenvalue weighted by molar-refractivity contribution is 0.0570. The number of anilines is 1. The van der Waals surface area contributed by atoms with Gasteiger partial charge >= 0.3 is 5.97 Å². The number of carbonyl (C=O) groups excluding carboxylic acids is 2. The Balaban J connectivity index is 1.23. The molecule has 1 fully saturated rings. The Morgan fingerprint density at radius 2 is 1.60 bits per heavy atom. The number of fused-ring (bicyclic) bond motifs is 1. The molecule has 0 radical (unpaired) electrons. The average Bonchev–Trinajstić information content (AvgIpc) is 3.74. The highest BCUT2D eigenvalue weighted by atomic mass is 32.2. The minimum Gasteiger partial charge on any atom is -0.494 e. The minimum absolute atomic E-state index is 0.0598. The van der Waals surface area contributed by atoms with Gasteiger partial charge in [-0.05, 0) is 55.2 Å². The third-order valence-corrected chi connectivity index (χ3v) is 12.8. The lowest BCUT2D eigenvalue weighted by Gasteiger charge is -2.39. The second-order valence-corrected chi connectivity index (χ2v) is 15.6. The number of carboxylic acid groups (broad SMARTS) is 1. The predicted molar refractivity (Wildman–Crippen MR) is 200 cm³/mol. The molecule has 0 spiro atoms. The molecule has 0 saturated carbocycles. The number of thiophene rings is 1. The number of rotatable bonds is 15. The second-order valence-electron chi connectivity index (χ2n) is 12.7. The molecule has 15 heteroatoms. The van der Waals surface area contributed by atoms with E-state index in [-0.39, 0.29) is 41.0 Å². The molecule has 3 aromatic carbocycles. The van der Waals surface area contributed by atoms with E-state index in [2.05, 4.69) is 33.6 Å². The summed E-state index contributed by atoms with van der Waals surface area (Å²) < 4.78 is 44.8. The van der Waals surface area contributed by atoms with Gasteiger partial charge in [0, 0.05) is 44.1 Å². The van der Waals surface area contributed by atoms with Crippen molar-refractivity contribution in [2.75, 3.05) is 59.0 Å². The number of methoxy groups -OCH3 is 3. The standard InChI is InChI=1S/C38H42N4O9S2/c1-24(25-10-6-5-7-11-25)40-18-20-41(21-19-40)30-13-8-12-27-33(30)36(44)42(35(27)43)29(26-15-16-31(49-2)32(22-26)50-3)14-9-17-39-53(47,48)38-34(51-4)28(23-52-38)37(45)46/h5-8,10-13,15-16,22-24,29,39H,9,14,17-21H2,1-4H3,(H,45,46)/t24-,29?/m1/s1. The van der Waals surface area contributed by atoms with Gasteiger partial charge in [0.05, 0.1) is 44.2 Å². The number of benzene rings is 3. The molecule has 2 aliphatic rings. The summed E-state index contributed by atoms with van der Waals surface area (Å²) in [6.45, 7) is 5.05. The molecule has 3 heterocycles. The third kappa shape index (κ3) is 7.47. The first-order chi connectivity index (χ1) is 25.5. The van der Waals surface area contributed by atoms with Crippen molar-refractivity contribution in [1.29, 1.82) is 0 Å². The van der Waals surface area contributed by atoms with Crippen LogP contribution in [0.4, 0.5) is 5.69 Å². The van der Waals surface area contributed by atoms with Gasteiger partial charge in [-0.2, -0.15) is 0 Å². The number of aromatic carboxylic acids is 1. The molecule has 1 unspecified atom stereocenters. The zero-order chi connectivity index (χ0) is 37.9. The fourth-order valence-corrected chi connectivity index (χ4v) is 9.60. The van der Waals surface area contributed by atoms with Crippen LogP contribution in [-0.2, 0) is 10.0 Å². The Morgan fingerprint density at radius 1 is 0.887 bits per heavy atom. The maximum absolute atomic E-state index is 14.5. The van der Waals surface area contributed by atoms with E-state index in [1.165, 1.54) is 37.2 Å². The number of amides is 2. The summed E-state index contributed by atoms with van der Waals surface area (Å²) in [5.74, 6) is -1.53. The van der Waals surface area contributed by atoms with Crippen LogP contribution in [0.3, 0.4) is 0 Å². The van der Waals surface area contributed by atoms with Crippen LogP contribution in [0.2, 0.25) is 0 Å². The van der Waals surface area contributed by atoms with Crippen molar-refractivity contribution in [2.45, 2.75) is 36.1 Å². The van der Waals surface area contributed by atoms with Gasteiger partial charge in [-0.3, -0.25) is 19.4 Å². The highest BCUT2D eigenvalue weighted by Crippen LogP contribution is 2.41. The van der Waals surface area contributed by atoms with E-state index in [9.17, 15) is 27.9 Å². The van der Waals surface area contributed by atoms with Crippen LogP contribution in [-0.4, -0.2) is 95.2 Å². The van der Waals surface area contributed by atoms with Gasteiger partial charge in [0.15, 0.2) is 21.5 Å². The average molecular weight is 763 g/mol. The van der Waals surface area contributed by atoms with Crippen molar-refractivity contribution in [3.63, 3.8) is 0 Å². The molecule has 2 amide bonds. The number of imide groups is 1. The fraction of sp³-hybridized carbons (Fsp3) is 0.342. The Morgan fingerprint density at radius 3 is 2.26 bits per heavy atom. The molecule has 0 aliphatic carbocycles. The highest BCUT2D eigenvalue weighted by Gasteiger charge is 2.43. The number of carbonyl (C=O) groups is 3. The SMILES string of the molecule is COc1ccc(C(CCCNS(=O)(=O)c2scc(C(=O)O)c2OC)N2C(=O)c3cccc(N4CCN([C@H](C)c5ccccc5)CC4)c3C2=O)cc1OC. The molecule has 6 rings (SSSR count). The molecule has 280 valence electrons. The third-order valence-electron chi connectivity index (χ3n) is 9.85. The van der Waals surface area contributed by atoms with Crippen molar-refractivity contribution in [3.8, 4) is 17.2 Å². The maximum Gasteiger partial charge on any atom is 0.340 e. The van der Waals surface area contributed by atoms with E-state index in [0.29, 0.717) is 47.0 Å². The summed E-state index contributed by atoms with van der Waals surface area (Å²) in [6.07, 6.45) is 0.427. The smallest absolute Gasteiger partial charge is 0.340 e. The quantitative estimate of drug-likeness (QED) is 0.117. The van der Waals surface area contributed by atoms with Gasteiger partial charge in [0.1, 0.15) is 5.56 Å². The Labute approximate surface area is 312 Å². The van der Waals surface area contributed by atoms with Crippen molar-refractivity contribution in [3.05, 3.63) is 99.9 Å². The number of piperazine rings is 1. The molecule has 2 atom stereocenters. The largest absolute Gasteiger partial charge is 0.494 e.